The molecule has 2 aromatic rings. The molecule has 1 unspecified atom stereocenters. The molecule has 0 fully saturated rings. The zero-order valence-electron chi connectivity index (χ0n) is 16.7. The van der Waals surface area contributed by atoms with Crippen LogP contribution in [-0.2, 0) is 16.0 Å². The molecule has 0 aromatic heterocycles. The average Bonchev–Trinajstić information content (AvgIpc) is 3.10. The lowest BCUT2D eigenvalue weighted by atomic mass is 10.1. The van der Waals surface area contributed by atoms with Crippen LogP contribution in [0, 0.1) is 16.5 Å². The number of hydroxylamine groups is 2. The summed E-state index contributed by atoms with van der Waals surface area (Å²) in [5.41, 5.74) is 2.92. The van der Waals surface area contributed by atoms with E-state index in [9.17, 15) is 10.0 Å². The molecule has 0 aliphatic carbocycles. The predicted octanol–water partition coefficient (Wildman–Crippen LogP) is 4.06. The Kier molecular flexibility index (Phi) is 6.27. The molecule has 0 saturated carbocycles. The minimum atomic E-state index is -0.644. The number of esters is 1. The van der Waals surface area contributed by atoms with Gasteiger partial charge in [0.1, 0.15) is 5.69 Å². The van der Waals surface area contributed by atoms with Crippen molar-refractivity contribution in [2.75, 3.05) is 18.3 Å². The molecule has 0 saturated heterocycles. The summed E-state index contributed by atoms with van der Waals surface area (Å²) in [6, 6.07) is 16.5. The van der Waals surface area contributed by atoms with Crippen molar-refractivity contribution in [2.45, 2.75) is 33.1 Å². The van der Waals surface area contributed by atoms with Gasteiger partial charge in [0.05, 0.1) is 23.9 Å². The van der Waals surface area contributed by atoms with Gasteiger partial charge in [-0.3, -0.25) is 9.44 Å². The number of hydrogen-bond donors (Lipinski definition) is 0. The molecule has 0 N–H and O–H groups in total. The highest BCUT2D eigenvalue weighted by molar-refractivity contribution is 5.96. The summed E-state index contributed by atoms with van der Waals surface area (Å²) in [5, 5.41) is 28.8. The number of amidine groups is 1. The van der Waals surface area contributed by atoms with Crippen molar-refractivity contribution in [2.24, 2.45) is 5.10 Å². The second-order valence-electron chi connectivity index (χ2n) is 6.78. The van der Waals surface area contributed by atoms with Crippen molar-refractivity contribution >= 4 is 23.2 Å². The summed E-state index contributed by atoms with van der Waals surface area (Å²) in [4.78, 5) is 11.5. The third-order valence-corrected chi connectivity index (χ3v) is 4.87. The van der Waals surface area contributed by atoms with Crippen molar-refractivity contribution < 1.29 is 9.53 Å². The Morgan fingerprint density at radius 1 is 1.21 bits per heavy atom. The van der Waals surface area contributed by atoms with Crippen LogP contribution in [0.3, 0.4) is 0 Å². The second-order valence-corrected chi connectivity index (χ2v) is 6.78. The van der Waals surface area contributed by atoms with Gasteiger partial charge >= 0.3 is 5.97 Å². The van der Waals surface area contributed by atoms with Gasteiger partial charge in [-0.25, -0.2) is 5.01 Å². The fraction of sp³-hybridized carbons (Fsp3) is 0.318. The molecular formula is C22H24N4O3. The number of nitriles is 1. The van der Waals surface area contributed by atoms with E-state index in [-0.39, 0.29) is 12.6 Å². The van der Waals surface area contributed by atoms with Gasteiger partial charge in [-0.2, -0.15) is 5.26 Å². The van der Waals surface area contributed by atoms with Crippen LogP contribution in [0.1, 0.15) is 37.8 Å². The van der Waals surface area contributed by atoms with Crippen molar-refractivity contribution in [3.05, 3.63) is 64.9 Å². The van der Waals surface area contributed by atoms with Crippen LogP contribution >= 0.6 is 0 Å². The molecule has 0 radical (unpaired) electrons. The normalized spacial score (nSPS) is 18.3. The van der Waals surface area contributed by atoms with Gasteiger partial charge in [0.2, 0.25) is 5.84 Å². The quantitative estimate of drug-likeness (QED) is 0.403. The zero-order valence-corrected chi connectivity index (χ0v) is 16.7. The topological polar surface area (TPSA) is 88.8 Å². The van der Waals surface area contributed by atoms with Crippen molar-refractivity contribution in [3.8, 4) is 6.07 Å². The van der Waals surface area contributed by atoms with Crippen LogP contribution in [0.25, 0.3) is 0 Å². The molecule has 1 atom stereocenters. The van der Waals surface area contributed by atoms with E-state index in [1.54, 1.807) is 48.3 Å². The van der Waals surface area contributed by atoms with Gasteiger partial charge in [0, 0.05) is 25.0 Å². The smallest absolute Gasteiger partial charge is 0.306 e. The Bertz CT molecular complexity index is 932. The molecule has 0 bridgehead atoms. The molecule has 7 heteroatoms. The first-order valence-electron chi connectivity index (χ1n) is 9.70. The highest BCUT2D eigenvalue weighted by Crippen LogP contribution is 2.32. The van der Waals surface area contributed by atoms with E-state index in [0.29, 0.717) is 43.0 Å². The first-order valence-corrected chi connectivity index (χ1v) is 9.70. The molecule has 150 valence electrons. The number of aryl methyl sites for hydroxylation is 1. The van der Waals surface area contributed by atoms with E-state index in [4.69, 9.17) is 10.00 Å². The SMILES string of the molecule is CCOC(=O)CCc1ccc([N+]2([O-])CN(c3ccc(C#N)cc3)N=C2CC)cc1. The van der Waals surface area contributed by atoms with E-state index < -0.39 is 4.65 Å². The minimum absolute atomic E-state index is 0.136. The van der Waals surface area contributed by atoms with Crippen LogP contribution in [0.15, 0.2) is 53.6 Å². The lowest BCUT2D eigenvalue weighted by Crippen LogP contribution is -2.48. The highest BCUT2D eigenvalue weighted by atomic mass is 16.6. The number of carbonyl (C=O) groups excluding carboxylic acids is 1. The highest BCUT2D eigenvalue weighted by Gasteiger charge is 2.36. The molecular weight excluding hydrogens is 368 g/mol. The van der Waals surface area contributed by atoms with Crippen LogP contribution in [0.5, 0.6) is 0 Å². The molecule has 2 aromatic carbocycles. The lowest BCUT2D eigenvalue weighted by molar-refractivity contribution is -0.143. The Hall–Kier alpha value is -3.21. The van der Waals surface area contributed by atoms with Crippen molar-refractivity contribution in [1.82, 2.24) is 4.65 Å². The molecule has 1 aliphatic heterocycles. The number of quaternary nitrogens is 1. The Morgan fingerprint density at radius 2 is 1.90 bits per heavy atom. The summed E-state index contributed by atoms with van der Waals surface area (Å²) in [7, 11) is 0. The summed E-state index contributed by atoms with van der Waals surface area (Å²) < 4.78 is 4.31. The number of carbonyl (C=O) groups is 1. The standard InChI is InChI=1S/C22H24N4O3/c1-3-21-24-25(19-10-5-18(15-23)6-11-19)16-26(21,28)20-12-7-17(8-13-20)9-14-22(27)29-4-2/h5-8,10-13H,3-4,9,14,16H2,1-2H3. The third kappa shape index (κ3) is 4.45. The van der Waals surface area contributed by atoms with Gasteiger partial charge < -0.3 is 9.94 Å². The average molecular weight is 392 g/mol. The van der Waals surface area contributed by atoms with E-state index in [1.165, 1.54) is 0 Å². The Balaban J connectivity index is 1.75. The molecule has 7 nitrogen and oxygen atoms in total. The zero-order chi connectivity index (χ0) is 20.9. The van der Waals surface area contributed by atoms with Crippen molar-refractivity contribution in [1.29, 1.82) is 5.26 Å². The van der Waals surface area contributed by atoms with Crippen molar-refractivity contribution in [3.63, 3.8) is 0 Å². The molecule has 1 heterocycles. The minimum Gasteiger partial charge on any atom is -0.620 e. The number of hydrazone groups is 1. The second kappa shape index (κ2) is 8.86. The lowest BCUT2D eigenvalue weighted by Gasteiger charge is -2.37. The third-order valence-electron chi connectivity index (χ3n) is 4.87. The largest absolute Gasteiger partial charge is 0.620 e. The number of hydrogen-bond acceptors (Lipinski definition) is 6. The fourth-order valence-corrected chi connectivity index (χ4v) is 3.30. The molecule has 29 heavy (non-hydrogen) atoms. The van der Waals surface area contributed by atoms with Crippen LogP contribution < -0.4 is 9.66 Å². The first kappa shape index (κ1) is 20.5. The number of anilines is 1. The number of nitrogens with zero attached hydrogens (tertiary/aromatic N) is 4. The predicted molar refractivity (Wildman–Crippen MR) is 113 cm³/mol. The van der Waals surface area contributed by atoms with Crippen LogP contribution in [-0.4, -0.2) is 25.1 Å². The van der Waals surface area contributed by atoms with E-state index in [2.05, 4.69) is 11.2 Å². The monoisotopic (exact) mass is 392 g/mol. The number of rotatable bonds is 7. The fourth-order valence-electron chi connectivity index (χ4n) is 3.30. The van der Waals surface area contributed by atoms with Gasteiger partial charge in [0.15, 0.2) is 6.67 Å². The maximum Gasteiger partial charge on any atom is 0.306 e. The van der Waals surface area contributed by atoms with Crippen LogP contribution in [0.2, 0.25) is 0 Å². The summed E-state index contributed by atoms with van der Waals surface area (Å²) >= 11 is 0. The molecule has 3 rings (SSSR count). The summed E-state index contributed by atoms with van der Waals surface area (Å²) in [6.45, 7) is 4.22. The summed E-state index contributed by atoms with van der Waals surface area (Å²) in [6.07, 6.45) is 1.42. The summed E-state index contributed by atoms with van der Waals surface area (Å²) in [5.74, 6) is 0.301. The molecule has 0 amide bonds. The Morgan fingerprint density at radius 3 is 2.48 bits per heavy atom. The maximum atomic E-state index is 13.7. The maximum absolute atomic E-state index is 13.7. The van der Waals surface area contributed by atoms with Gasteiger partial charge in [-0.1, -0.05) is 19.1 Å². The number of ether oxygens (including phenoxy) is 1. The first-order chi connectivity index (χ1) is 14.0. The molecule has 0 spiro atoms. The number of benzene rings is 2. The van der Waals surface area contributed by atoms with E-state index >= 15 is 0 Å². The van der Waals surface area contributed by atoms with Gasteiger partial charge in [-0.05, 0) is 43.2 Å². The van der Waals surface area contributed by atoms with Gasteiger partial charge in [-0.15, -0.1) is 5.10 Å². The Labute approximate surface area is 170 Å². The van der Waals surface area contributed by atoms with E-state index in [1.807, 2.05) is 19.1 Å². The van der Waals surface area contributed by atoms with E-state index in [0.717, 1.165) is 11.3 Å². The molecule has 1 aliphatic rings. The van der Waals surface area contributed by atoms with Crippen LogP contribution in [0.4, 0.5) is 11.4 Å². The van der Waals surface area contributed by atoms with Gasteiger partial charge in [0.25, 0.3) is 0 Å².